The fraction of sp³-hybridized carbons (Fsp3) is 0.429. The largest absolute Gasteiger partial charge is 0.497 e. The summed E-state index contributed by atoms with van der Waals surface area (Å²) >= 11 is 0. The first-order valence-electron chi connectivity index (χ1n) is 12.7. The quantitative estimate of drug-likeness (QED) is 0.392. The minimum absolute atomic E-state index is 0.0334. The molecule has 2 aromatic carbocycles. The molecule has 1 heterocycles. The van der Waals surface area contributed by atoms with Crippen molar-refractivity contribution >= 4 is 23.6 Å². The normalized spacial score (nSPS) is 29.6. The van der Waals surface area contributed by atoms with Crippen molar-refractivity contribution in [1.29, 1.82) is 0 Å². The molecule has 2 aliphatic carbocycles. The number of nitrogens with one attached hydrogen (secondary N) is 1. The van der Waals surface area contributed by atoms with Crippen LogP contribution in [0.15, 0.2) is 59.7 Å². The number of benzene rings is 2. The van der Waals surface area contributed by atoms with Crippen molar-refractivity contribution < 1.29 is 34.1 Å². The molecular weight excluding hydrogens is 490 g/mol. The Kier molecular flexibility index (Phi) is 7.44. The van der Waals surface area contributed by atoms with Crippen LogP contribution in [-0.4, -0.2) is 58.0 Å². The third kappa shape index (κ3) is 5.01. The summed E-state index contributed by atoms with van der Waals surface area (Å²) in [6, 6.07) is 16.4. The molecule has 0 bridgehead atoms. The molecule has 0 spiro atoms. The SMILES string of the molecule is COc1ccc(COC(=O)N/N=C2/C[C@@H](O)[C@@H](O)[C@@H]3[C@@H]4C(=O)N(Cc5ccccc5)C(=O)[C@H]4CC[C@@H]23)cc1. The van der Waals surface area contributed by atoms with E-state index in [1.807, 2.05) is 30.3 Å². The highest BCUT2D eigenvalue weighted by molar-refractivity contribution is 6.06. The van der Waals surface area contributed by atoms with Gasteiger partial charge < -0.3 is 19.7 Å². The number of rotatable bonds is 6. The second-order valence-electron chi connectivity index (χ2n) is 10.0. The number of amides is 3. The van der Waals surface area contributed by atoms with Gasteiger partial charge in [-0.3, -0.25) is 14.5 Å². The van der Waals surface area contributed by atoms with E-state index in [1.54, 1.807) is 31.4 Å². The van der Waals surface area contributed by atoms with Crippen molar-refractivity contribution in [2.45, 2.75) is 44.6 Å². The van der Waals surface area contributed by atoms with E-state index >= 15 is 0 Å². The topological polar surface area (TPSA) is 138 Å². The number of carbonyl (C=O) groups excluding carboxylic acids is 3. The molecule has 6 atom stereocenters. The van der Waals surface area contributed by atoms with Gasteiger partial charge in [0.25, 0.3) is 0 Å². The minimum atomic E-state index is -1.18. The van der Waals surface area contributed by atoms with Gasteiger partial charge in [0.15, 0.2) is 0 Å². The zero-order valence-electron chi connectivity index (χ0n) is 21.0. The van der Waals surface area contributed by atoms with Crippen molar-refractivity contribution in [3.8, 4) is 5.75 Å². The molecule has 0 aromatic heterocycles. The highest BCUT2D eigenvalue weighted by atomic mass is 16.6. The predicted molar refractivity (Wildman–Crippen MR) is 136 cm³/mol. The van der Waals surface area contributed by atoms with Crippen LogP contribution in [0.4, 0.5) is 4.79 Å². The van der Waals surface area contributed by atoms with Gasteiger partial charge >= 0.3 is 6.09 Å². The van der Waals surface area contributed by atoms with Crippen LogP contribution >= 0.6 is 0 Å². The fourth-order valence-corrected chi connectivity index (χ4v) is 6.01. The number of likely N-dealkylation sites (tertiary alicyclic amines) is 1. The first kappa shape index (κ1) is 25.9. The third-order valence-corrected chi connectivity index (χ3v) is 7.87. The predicted octanol–water partition coefficient (Wildman–Crippen LogP) is 2.23. The average Bonchev–Trinajstić information content (AvgIpc) is 3.18. The molecule has 1 saturated heterocycles. The van der Waals surface area contributed by atoms with Gasteiger partial charge in [0.05, 0.1) is 37.7 Å². The molecule has 10 nitrogen and oxygen atoms in total. The summed E-state index contributed by atoms with van der Waals surface area (Å²) in [5.74, 6) is -2.21. The van der Waals surface area contributed by atoms with Crippen LogP contribution in [0.3, 0.4) is 0 Å². The van der Waals surface area contributed by atoms with Crippen molar-refractivity contribution in [1.82, 2.24) is 10.3 Å². The molecule has 3 fully saturated rings. The maximum atomic E-state index is 13.5. The number of hydrazone groups is 1. The molecule has 10 heteroatoms. The van der Waals surface area contributed by atoms with Crippen molar-refractivity contribution in [3.63, 3.8) is 0 Å². The number of nitrogens with zero attached hydrogens (tertiary/aromatic N) is 2. The number of aliphatic hydroxyl groups excluding tert-OH is 2. The number of methoxy groups -OCH3 is 1. The molecule has 2 saturated carbocycles. The highest BCUT2D eigenvalue weighted by Gasteiger charge is 2.59. The van der Waals surface area contributed by atoms with Crippen LogP contribution in [0.25, 0.3) is 0 Å². The van der Waals surface area contributed by atoms with Crippen LogP contribution in [0.5, 0.6) is 5.75 Å². The van der Waals surface area contributed by atoms with Gasteiger partial charge in [-0.1, -0.05) is 42.5 Å². The third-order valence-electron chi connectivity index (χ3n) is 7.87. The van der Waals surface area contributed by atoms with Crippen LogP contribution in [-0.2, 0) is 27.5 Å². The molecule has 3 aliphatic rings. The van der Waals surface area contributed by atoms with Crippen molar-refractivity contribution in [3.05, 3.63) is 65.7 Å². The molecule has 200 valence electrons. The van der Waals surface area contributed by atoms with Crippen LogP contribution in [0.2, 0.25) is 0 Å². The first-order valence-corrected chi connectivity index (χ1v) is 12.7. The first-order chi connectivity index (χ1) is 18.4. The van der Waals surface area contributed by atoms with Gasteiger partial charge in [0, 0.05) is 24.0 Å². The van der Waals surface area contributed by atoms with E-state index in [0.29, 0.717) is 24.3 Å². The Labute approximate surface area is 220 Å². The summed E-state index contributed by atoms with van der Waals surface area (Å²) in [6.07, 6.45) is -2.09. The number of imide groups is 1. The summed E-state index contributed by atoms with van der Waals surface area (Å²) in [7, 11) is 1.57. The molecule has 0 unspecified atom stereocenters. The zero-order chi connectivity index (χ0) is 26.8. The van der Waals surface area contributed by atoms with E-state index in [9.17, 15) is 24.6 Å². The fourth-order valence-electron chi connectivity index (χ4n) is 6.01. The Morgan fingerprint density at radius 1 is 1.00 bits per heavy atom. The maximum absolute atomic E-state index is 13.5. The molecule has 0 radical (unpaired) electrons. The second kappa shape index (κ2) is 10.9. The number of fused-ring (bicyclic) bond motifs is 3. The number of hydrogen-bond donors (Lipinski definition) is 3. The van der Waals surface area contributed by atoms with Gasteiger partial charge in [-0.05, 0) is 36.1 Å². The number of hydrogen-bond acceptors (Lipinski definition) is 8. The van der Waals surface area contributed by atoms with Gasteiger partial charge in [-0.2, -0.15) is 5.10 Å². The van der Waals surface area contributed by atoms with Gasteiger partial charge in [0.1, 0.15) is 12.4 Å². The molecule has 3 amide bonds. The smallest absolute Gasteiger partial charge is 0.428 e. The summed E-state index contributed by atoms with van der Waals surface area (Å²) in [5.41, 5.74) is 4.47. The molecule has 2 aromatic rings. The van der Waals surface area contributed by atoms with Gasteiger partial charge in [-0.15, -0.1) is 0 Å². The number of aliphatic hydroxyl groups is 2. The Morgan fingerprint density at radius 3 is 2.42 bits per heavy atom. The van der Waals surface area contributed by atoms with E-state index < -0.39 is 36.1 Å². The minimum Gasteiger partial charge on any atom is -0.497 e. The van der Waals surface area contributed by atoms with E-state index in [2.05, 4.69) is 10.5 Å². The number of ether oxygens (including phenoxy) is 2. The van der Waals surface area contributed by atoms with Crippen LogP contribution in [0, 0.1) is 23.7 Å². The molecule has 1 aliphatic heterocycles. The monoisotopic (exact) mass is 521 g/mol. The Bertz CT molecular complexity index is 1220. The standard InChI is InChI=1S/C28H31N3O7/c1-37-18-9-7-17(8-10-18)15-38-28(36)30-29-21-13-22(32)25(33)23-19(21)11-12-20-24(23)27(35)31(26(20)34)14-16-5-3-2-4-6-16/h2-10,19-20,22-25,32-33H,11-15H2,1H3,(H,30,36)/b29-21-/t19-,20-,22+,23-,24+,25+/m0/s1. The lowest BCUT2D eigenvalue weighted by Gasteiger charge is -2.45. The van der Waals surface area contributed by atoms with Crippen molar-refractivity contribution in [2.24, 2.45) is 28.8 Å². The summed E-state index contributed by atoms with van der Waals surface area (Å²) < 4.78 is 10.3. The summed E-state index contributed by atoms with van der Waals surface area (Å²) in [5, 5.41) is 25.8. The molecule has 3 N–H and O–H groups in total. The highest BCUT2D eigenvalue weighted by Crippen LogP contribution is 2.49. The summed E-state index contributed by atoms with van der Waals surface area (Å²) in [4.78, 5) is 40.2. The van der Waals surface area contributed by atoms with E-state index in [4.69, 9.17) is 9.47 Å². The lowest BCUT2D eigenvalue weighted by Crippen LogP contribution is -2.55. The Hall–Kier alpha value is -3.76. The van der Waals surface area contributed by atoms with E-state index in [0.717, 1.165) is 11.1 Å². The maximum Gasteiger partial charge on any atom is 0.428 e. The van der Waals surface area contributed by atoms with Gasteiger partial charge in [-0.25, -0.2) is 10.2 Å². The second-order valence-corrected chi connectivity index (χ2v) is 10.0. The summed E-state index contributed by atoms with van der Waals surface area (Å²) in [6.45, 7) is 0.204. The Balaban J connectivity index is 1.28. The molecular formula is C28H31N3O7. The number of carbonyl (C=O) groups is 3. The zero-order valence-corrected chi connectivity index (χ0v) is 21.0. The van der Waals surface area contributed by atoms with E-state index in [1.165, 1.54) is 4.90 Å². The molecule has 5 rings (SSSR count). The van der Waals surface area contributed by atoms with Crippen LogP contribution < -0.4 is 10.2 Å². The van der Waals surface area contributed by atoms with Crippen LogP contribution in [0.1, 0.15) is 30.4 Å². The lowest BCUT2D eigenvalue weighted by molar-refractivity contribution is -0.142. The average molecular weight is 522 g/mol. The Morgan fingerprint density at radius 2 is 1.71 bits per heavy atom. The lowest BCUT2D eigenvalue weighted by atomic mass is 9.60. The molecule has 38 heavy (non-hydrogen) atoms. The van der Waals surface area contributed by atoms with E-state index in [-0.39, 0.29) is 37.3 Å². The van der Waals surface area contributed by atoms with Crippen molar-refractivity contribution in [2.75, 3.05) is 7.11 Å². The van der Waals surface area contributed by atoms with Gasteiger partial charge in [0.2, 0.25) is 11.8 Å².